The van der Waals surface area contributed by atoms with E-state index in [0.717, 1.165) is 11.8 Å². The summed E-state index contributed by atoms with van der Waals surface area (Å²) in [5.41, 5.74) is 1.74. The van der Waals surface area contributed by atoms with Gasteiger partial charge >= 0.3 is 0 Å². The molecule has 0 heterocycles. The predicted molar refractivity (Wildman–Crippen MR) is 82.6 cm³/mol. The zero-order chi connectivity index (χ0) is 16.2. The molecule has 22 heavy (non-hydrogen) atoms. The van der Waals surface area contributed by atoms with Crippen molar-refractivity contribution in [1.29, 1.82) is 0 Å². The highest BCUT2D eigenvalue weighted by Crippen LogP contribution is 2.09. The van der Waals surface area contributed by atoms with Gasteiger partial charge in [-0.1, -0.05) is 24.3 Å². The Morgan fingerprint density at radius 2 is 1.77 bits per heavy atom. The third-order valence-electron chi connectivity index (χ3n) is 2.98. The predicted octanol–water partition coefficient (Wildman–Crippen LogP) is 2.30. The molecule has 4 nitrogen and oxygen atoms in total. The maximum Gasteiger partial charge on any atom is 0.251 e. The van der Waals surface area contributed by atoms with Crippen LogP contribution in [-0.2, 0) is 22.1 Å². The minimum absolute atomic E-state index is 0.105. The molecule has 0 saturated carbocycles. The zero-order valence-electron chi connectivity index (χ0n) is 12.0. The Balaban J connectivity index is 2.03. The molecule has 1 amide bonds. The molecule has 0 aliphatic carbocycles. The molecule has 2 rings (SSSR count). The number of hydrogen-bond acceptors (Lipinski definition) is 3. The van der Waals surface area contributed by atoms with Crippen LogP contribution in [0.2, 0.25) is 0 Å². The molecule has 2 aromatic rings. The molecule has 0 spiro atoms. The Morgan fingerprint density at radius 1 is 1.09 bits per heavy atom. The van der Waals surface area contributed by atoms with Gasteiger partial charge in [-0.05, 0) is 35.4 Å². The van der Waals surface area contributed by atoms with E-state index in [1.165, 1.54) is 12.1 Å². The average molecular weight is 321 g/mol. The van der Waals surface area contributed by atoms with Gasteiger partial charge in [0.15, 0.2) is 9.84 Å². The largest absolute Gasteiger partial charge is 0.348 e. The second kappa shape index (κ2) is 6.70. The Bertz CT molecular complexity index is 770. The highest BCUT2D eigenvalue weighted by molar-refractivity contribution is 7.89. The van der Waals surface area contributed by atoms with E-state index in [4.69, 9.17) is 0 Å². The van der Waals surface area contributed by atoms with Crippen LogP contribution in [0.25, 0.3) is 0 Å². The van der Waals surface area contributed by atoms with Crippen molar-refractivity contribution in [2.75, 3.05) is 6.26 Å². The van der Waals surface area contributed by atoms with Crippen molar-refractivity contribution in [2.24, 2.45) is 0 Å². The minimum atomic E-state index is -3.15. The van der Waals surface area contributed by atoms with Crippen molar-refractivity contribution in [3.63, 3.8) is 0 Å². The molecule has 6 heteroatoms. The van der Waals surface area contributed by atoms with Crippen molar-refractivity contribution in [3.05, 3.63) is 71.0 Å². The van der Waals surface area contributed by atoms with Crippen molar-refractivity contribution in [2.45, 2.75) is 12.3 Å². The molecule has 0 fully saturated rings. The fourth-order valence-corrected chi connectivity index (χ4v) is 2.78. The van der Waals surface area contributed by atoms with Gasteiger partial charge in [0.2, 0.25) is 0 Å². The van der Waals surface area contributed by atoms with Gasteiger partial charge in [0.1, 0.15) is 5.82 Å². The van der Waals surface area contributed by atoms with Gasteiger partial charge in [-0.3, -0.25) is 4.79 Å². The summed E-state index contributed by atoms with van der Waals surface area (Å²) in [6.45, 7) is 0.273. The first-order chi connectivity index (χ1) is 10.3. The van der Waals surface area contributed by atoms with E-state index in [2.05, 4.69) is 5.32 Å². The van der Waals surface area contributed by atoms with E-state index in [9.17, 15) is 17.6 Å². The van der Waals surface area contributed by atoms with Crippen molar-refractivity contribution in [3.8, 4) is 0 Å². The maximum atomic E-state index is 12.8. The fourth-order valence-electron chi connectivity index (χ4n) is 1.99. The highest BCUT2D eigenvalue weighted by Gasteiger charge is 2.09. The number of carbonyl (C=O) groups excluding carboxylic acids is 1. The monoisotopic (exact) mass is 321 g/mol. The van der Waals surface area contributed by atoms with Crippen LogP contribution in [-0.4, -0.2) is 20.6 Å². The molecule has 0 radical (unpaired) electrons. The van der Waals surface area contributed by atoms with Crippen LogP contribution in [0.3, 0.4) is 0 Å². The number of rotatable bonds is 5. The van der Waals surface area contributed by atoms with Crippen molar-refractivity contribution in [1.82, 2.24) is 5.32 Å². The molecule has 116 valence electrons. The summed E-state index contributed by atoms with van der Waals surface area (Å²) in [6.07, 6.45) is 1.15. The summed E-state index contributed by atoms with van der Waals surface area (Å²) < 4.78 is 35.4. The summed E-state index contributed by atoms with van der Waals surface area (Å²) in [5, 5.41) is 2.71. The lowest BCUT2D eigenvalue weighted by atomic mass is 10.1. The van der Waals surface area contributed by atoms with E-state index in [1.807, 2.05) is 0 Å². The summed E-state index contributed by atoms with van der Waals surface area (Å²) in [7, 11) is -3.15. The topological polar surface area (TPSA) is 63.2 Å². The van der Waals surface area contributed by atoms with Gasteiger partial charge in [0, 0.05) is 18.4 Å². The van der Waals surface area contributed by atoms with Crippen molar-refractivity contribution >= 4 is 15.7 Å². The lowest BCUT2D eigenvalue weighted by molar-refractivity contribution is 0.0951. The molecule has 0 atom stereocenters. The number of carbonyl (C=O) groups is 1. The molecule has 0 bridgehead atoms. The molecule has 1 N–H and O–H groups in total. The Hall–Kier alpha value is -2.21. The highest BCUT2D eigenvalue weighted by atomic mass is 32.2. The number of nitrogens with one attached hydrogen (secondary N) is 1. The van der Waals surface area contributed by atoms with Gasteiger partial charge in [0.05, 0.1) is 5.75 Å². The Kier molecular flexibility index (Phi) is 4.92. The lowest BCUT2D eigenvalue weighted by Crippen LogP contribution is -2.22. The lowest BCUT2D eigenvalue weighted by Gasteiger charge is -2.07. The van der Waals surface area contributed by atoms with E-state index < -0.39 is 9.84 Å². The standard InChI is InChI=1S/C16H16FNO3S/c1-22(20,21)11-13-3-2-4-14(9-13)16(19)18-10-12-5-7-15(17)8-6-12/h2-9H,10-11H2,1H3,(H,18,19). The normalized spacial score (nSPS) is 11.2. The van der Waals surface area contributed by atoms with Crippen LogP contribution >= 0.6 is 0 Å². The SMILES string of the molecule is CS(=O)(=O)Cc1cccc(C(=O)NCc2ccc(F)cc2)c1. The molecular weight excluding hydrogens is 305 g/mol. The van der Waals surface area contributed by atoms with E-state index in [-0.39, 0.29) is 24.0 Å². The van der Waals surface area contributed by atoms with Crippen LogP contribution in [0.1, 0.15) is 21.5 Å². The molecular formula is C16H16FNO3S. The number of halogens is 1. The summed E-state index contributed by atoms with van der Waals surface area (Å²) >= 11 is 0. The van der Waals surface area contributed by atoms with Crippen LogP contribution in [0.5, 0.6) is 0 Å². The first kappa shape index (κ1) is 16.2. The third kappa shape index (κ3) is 4.96. The summed E-state index contributed by atoms with van der Waals surface area (Å²) in [4.78, 5) is 12.1. The van der Waals surface area contributed by atoms with Crippen LogP contribution in [0.15, 0.2) is 48.5 Å². The van der Waals surface area contributed by atoms with Gasteiger partial charge in [0.25, 0.3) is 5.91 Å². The molecule has 0 aromatic heterocycles. The van der Waals surface area contributed by atoms with Gasteiger partial charge in [-0.2, -0.15) is 0 Å². The molecule has 0 aliphatic rings. The molecule has 2 aromatic carbocycles. The first-order valence-corrected chi connectivity index (χ1v) is 8.69. The number of amides is 1. The van der Waals surface area contributed by atoms with Gasteiger partial charge < -0.3 is 5.32 Å². The fraction of sp³-hybridized carbons (Fsp3) is 0.188. The minimum Gasteiger partial charge on any atom is -0.348 e. The maximum absolute atomic E-state index is 12.8. The Morgan fingerprint density at radius 3 is 2.41 bits per heavy atom. The first-order valence-electron chi connectivity index (χ1n) is 6.63. The average Bonchev–Trinajstić information content (AvgIpc) is 2.45. The summed E-state index contributed by atoms with van der Waals surface area (Å²) in [6, 6.07) is 12.3. The van der Waals surface area contributed by atoms with E-state index >= 15 is 0 Å². The number of benzene rings is 2. The molecule has 0 saturated heterocycles. The smallest absolute Gasteiger partial charge is 0.251 e. The van der Waals surface area contributed by atoms with Gasteiger partial charge in [-0.25, -0.2) is 12.8 Å². The molecule has 0 unspecified atom stereocenters. The quantitative estimate of drug-likeness (QED) is 0.919. The zero-order valence-corrected chi connectivity index (χ0v) is 12.9. The Labute approximate surface area is 128 Å². The van der Waals surface area contributed by atoms with E-state index in [0.29, 0.717) is 11.1 Å². The van der Waals surface area contributed by atoms with Crippen LogP contribution in [0, 0.1) is 5.82 Å². The summed E-state index contributed by atoms with van der Waals surface area (Å²) in [5.74, 6) is -0.741. The van der Waals surface area contributed by atoms with Crippen molar-refractivity contribution < 1.29 is 17.6 Å². The van der Waals surface area contributed by atoms with E-state index in [1.54, 1.807) is 36.4 Å². The second-order valence-electron chi connectivity index (χ2n) is 5.08. The number of hydrogen-bond donors (Lipinski definition) is 1. The second-order valence-corrected chi connectivity index (χ2v) is 7.22. The van der Waals surface area contributed by atoms with Crippen LogP contribution in [0.4, 0.5) is 4.39 Å². The molecule has 0 aliphatic heterocycles. The van der Waals surface area contributed by atoms with Crippen LogP contribution < -0.4 is 5.32 Å². The number of sulfone groups is 1. The third-order valence-corrected chi connectivity index (χ3v) is 3.84. The van der Waals surface area contributed by atoms with Gasteiger partial charge in [-0.15, -0.1) is 0 Å².